The average Bonchev–Trinajstić information content (AvgIpc) is 3.07. The Kier molecular flexibility index (Phi) is 3.94. The zero-order chi connectivity index (χ0) is 17.2. The highest BCUT2D eigenvalue weighted by Crippen LogP contribution is 2.33. The van der Waals surface area contributed by atoms with E-state index >= 15 is 0 Å². The maximum atomic E-state index is 12.9. The molecule has 1 unspecified atom stereocenters. The number of fused-ring (bicyclic) bond motifs is 1. The predicted octanol–water partition coefficient (Wildman–Crippen LogP) is 3.64. The van der Waals surface area contributed by atoms with E-state index in [2.05, 4.69) is 17.4 Å². The first-order valence-electron chi connectivity index (χ1n) is 8.39. The van der Waals surface area contributed by atoms with Gasteiger partial charge in [0.25, 0.3) is 11.5 Å². The second-order valence-electron chi connectivity index (χ2n) is 6.21. The summed E-state index contributed by atoms with van der Waals surface area (Å²) in [6, 6.07) is 20.7. The molecule has 1 N–H and O–H groups in total. The molecule has 3 aromatic rings. The molecule has 4 nitrogen and oxygen atoms in total. The van der Waals surface area contributed by atoms with Crippen LogP contribution in [0.3, 0.4) is 0 Å². The van der Waals surface area contributed by atoms with Crippen molar-refractivity contribution in [2.45, 2.75) is 18.9 Å². The largest absolute Gasteiger partial charge is 0.322 e. The lowest BCUT2D eigenvalue weighted by Crippen LogP contribution is -2.30. The van der Waals surface area contributed by atoms with Crippen LogP contribution in [0.4, 0.5) is 5.69 Å². The fourth-order valence-corrected chi connectivity index (χ4v) is 3.47. The SMILES string of the molecule is O=C(Nc1ccccc1)c1cccn(C2CCc3ccccc32)c1=O. The summed E-state index contributed by atoms with van der Waals surface area (Å²) in [7, 11) is 0. The number of benzene rings is 2. The molecule has 25 heavy (non-hydrogen) atoms. The highest BCUT2D eigenvalue weighted by atomic mass is 16.2. The minimum atomic E-state index is -0.378. The van der Waals surface area contributed by atoms with Gasteiger partial charge < -0.3 is 9.88 Å². The molecule has 0 saturated heterocycles. The van der Waals surface area contributed by atoms with Crippen molar-refractivity contribution in [3.8, 4) is 0 Å². The molecule has 4 heteroatoms. The van der Waals surface area contributed by atoms with Crippen LogP contribution in [-0.4, -0.2) is 10.5 Å². The van der Waals surface area contributed by atoms with Gasteiger partial charge in [0.15, 0.2) is 0 Å². The van der Waals surface area contributed by atoms with Crippen molar-refractivity contribution < 1.29 is 4.79 Å². The lowest BCUT2D eigenvalue weighted by molar-refractivity contribution is 0.102. The maximum absolute atomic E-state index is 12.9. The molecular weight excluding hydrogens is 312 g/mol. The van der Waals surface area contributed by atoms with E-state index in [1.807, 2.05) is 30.3 Å². The van der Waals surface area contributed by atoms with E-state index in [1.54, 1.807) is 35.0 Å². The van der Waals surface area contributed by atoms with Crippen LogP contribution in [0.5, 0.6) is 0 Å². The molecule has 4 rings (SSSR count). The van der Waals surface area contributed by atoms with Crippen molar-refractivity contribution in [3.05, 3.63) is 100.0 Å². The van der Waals surface area contributed by atoms with Crippen LogP contribution < -0.4 is 10.9 Å². The van der Waals surface area contributed by atoms with Crippen molar-refractivity contribution >= 4 is 11.6 Å². The third kappa shape index (κ3) is 2.87. The summed E-state index contributed by atoms with van der Waals surface area (Å²) in [4.78, 5) is 25.4. The van der Waals surface area contributed by atoms with E-state index in [0.717, 1.165) is 12.8 Å². The number of carbonyl (C=O) groups is 1. The first-order chi connectivity index (χ1) is 12.2. The van der Waals surface area contributed by atoms with E-state index in [0.29, 0.717) is 5.69 Å². The molecule has 0 saturated carbocycles. The summed E-state index contributed by atoms with van der Waals surface area (Å²) in [6.07, 6.45) is 3.60. The van der Waals surface area contributed by atoms with Crippen molar-refractivity contribution in [3.63, 3.8) is 0 Å². The van der Waals surface area contributed by atoms with Crippen LogP contribution in [-0.2, 0) is 6.42 Å². The van der Waals surface area contributed by atoms with Gasteiger partial charge >= 0.3 is 0 Å². The van der Waals surface area contributed by atoms with Gasteiger partial charge in [0.2, 0.25) is 0 Å². The van der Waals surface area contributed by atoms with Crippen molar-refractivity contribution in [1.29, 1.82) is 0 Å². The van der Waals surface area contributed by atoms with E-state index in [1.165, 1.54) is 11.1 Å². The Morgan fingerprint density at radius 3 is 2.56 bits per heavy atom. The molecule has 2 aromatic carbocycles. The summed E-state index contributed by atoms with van der Waals surface area (Å²) in [5, 5.41) is 2.78. The Bertz CT molecular complexity index is 976. The van der Waals surface area contributed by atoms with Crippen molar-refractivity contribution in [2.24, 2.45) is 0 Å². The third-order valence-electron chi connectivity index (χ3n) is 4.69. The summed E-state index contributed by atoms with van der Waals surface area (Å²) < 4.78 is 1.69. The van der Waals surface area contributed by atoms with Gasteiger partial charge in [-0.3, -0.25) is 9.59 Å². The van der Waals surface area contributed by atoms with Crippen LogP contribution >= 0.6 is 0 Å². The zero-order valence-corrected chi connectivity index (χ0v) is 13.7. The molecule has 0 aliphatic heterocycles. The minimum Gasteiger partial charge on any atom is -0.322 e. The number of carbonyl (C=O) groups excluding carboxylic acids is 1. The topological polar surface area (TPSA) is 51.1 Å². The van der Waals surface area contributed by atoms with Gasteiger partial charge in [0.1, 0.15) is 5.56 Å². The smallest absolute Gasteiger partial charge is 0.263 e. The summed E-state index contributed by atoms with van der Waals surface area (Å²) in [5.74, 6) is -0.378. The molecule has 0 bridgehead atoms. The molecule has 1 aliphatic carbocycles. The number of pyridine rings is 1. The number of amides is 1. The number of para-hydroxylation sites is 1. The Hall–Kier alpha value is -3.14. The molecule has 124 valence electrons. The Morgan fingerprint density at radius 1 is 0.960 bits per heavy atom. The number of nitrogens with one attached hydrogen (secondary N) is 1. The van der Waals surface area contributed by atoms with Gasteiger partial charge in [0, 0.05) is 11.9 Å². The van der Waals surface area contributed by atoms with E-state index in [-0.39, 0.29) is 23.1 Å². The molecule has 0 spiro atoms. The lowest BCUT2D eigenvalue weighted by atomic mass is 10.1. The zero-order valence-electron chi connectivity index (χ0n) is 13.7. The Labute approximate surface area is 145 Å². The lowest BCUT2D eigenvalue weighted by Gasteiger charge is -2.16. The average molecular weight is 330 g/mol. The molecule has 1 atom stereocenters. The van der Waals surface area contributed by atoms with Gasteiger partial charge in [-0.25, -0.2) is 0 Å². The van der Waals surface area contributed by atoms with Crippen molar-refractivity contribution in [2.75, 3.05) is 5.32 Å². The monoisotopic (exact) mass is 330 g/mol. The number of rotatable bonds is 3. The van der Waals surface area contributed by atoms with Gasteiger partial charge in [-0.15, -0.1) is 0 Å². The van der Waals surface area contributed by atoms with Crippen LogP contribution in [0.1, 0.15) is 33.9 Å². The summed E-state index contributed by atoms with van der Waals surface area (Å²) in [5.41, 5.74) is 3.03. The second-order valence-corrected chi connectivity index (χ2v) is 6.21. The molecule has 0 radical (unpaired) electrons. The highest BCUT2D eigenvalue weighted by Gasteiger charge is 2.25. The van der Waals surface area contributed by atoms with Crippen molar-refractivity contribution in [1.82, 2.24) is 4.57 Å². The summed E-state index contributed by atoms with van der Waals surface area (Å²) in [6.45, 7) is 0. The molecule has 1 aromatic heterocycles. The number of aromatic nitrogens is 1. The van der Waals surface area contributed by atoms with Gasteiger partial charge in [0.05, 0.1) is 6.04 Å². The number of anilines is 1. The molecule has 1 heterocycles. The van der Waals surface area contributed by atoms with E-state index < -0.39 is 0 Å². The Morgan fingerprint density at radius 2 is 1.72 bits per heavy atom. The first kappa shape index (κ1) is 15.4. The number of hydrogen-bond acceptors (Lipinski definition) is 2. The summed E-state index contributed by atoms with van der Waals surface area (Å²) >= 11 is 0. The van der Waals surface area contributed by atoms with Crippen LogP contribution in [0, 0.1) is 0 Å². The van der Waals surface area contributed by atoms with Gasteiger partial charge in [-0.1, -0.05) is 42.5 Å². The standard InChI is InChI=1S/C21H18N2O2/c24-20(22-16-8-2-1-3-9-16)18-11-6-14-23(21(18)25)19-13-12-15-7-4-5-10-17(15)19/h1-11,14,19H,12-13H2,(H,22,24). The van der Waals surface area contributed by atoms with E-state index in [9.17, 15) is 9.59 Å². The van der Waals surface area contributed by atoms with E-state index in [4.69, 9.17) is 0 Å². The first-order valence-corrected chi connectivity index (χ1v) is 8.39. The normalized spacial score (nSPS) is 15.6. The fourth-order valence-electron chi connectivity index (χ4n) is 3.47. The third-order valence-corrected chi connectivity index (χ3v) is 4.69. The Balaban J connectivity index is 1.68. The fraction of sp³-hybridized carbons (Fsp3) is 0.143. The second kappa shape index (κ2) is 6.40. The number of hydrogen-bond donors (Lipinski definition) is 1. The molecule has 1 amide bonds. The molecule has 1 aliphatic rings. The maximum Gasteiger partial charge on any atom is 0.263 e. The predicted molar refractivity (Wildman–Crippen MR) is 98.0 cm³/mol. The number of nitrogens with zero attached hydrogens (tertiary/aromatic N) is 1. The highest BCUT2D eigenvalue weighted by molar-refractivity contribution is 6.03. The van der Waals surface area contributed by atoms with Gasteiger partial charge in [-0.2, -0.15) is 0 Å². The number of aryl methyl sites for hydroxylation is 1. The van der Waals surface area contributed by atoms with Gasteiger partial charge in [-0.05, 0) is 48.2 Å². The molecule has 0 fully saturated rings. The minimum absolute atomic E-state index is 0.00632. The van der Waals surface area contributed by atoms with Crippen LogP contribution in [0.25, 0.3) is 0 Å². The van der Waals surface area contributed by atoms with Crippen LogP contribution in [0.2, 0.25) is 0 Å². The molecular formula is C21H18N2O2. The van der Waals surface area contributed by atoms with Crippen LogP contribution in [0.15, 0.2) is 77.7 Å². The quantitative estimate of drug-likeness (QED) is 0.797.